The summed E-state index contributed by atoms with van der Waals surface area (Å²) >= 11 is 0. The Balaban J connectivity index is 1.40. The number of aryl methyl sites for hydroxylation is 1. The molecular weight excluding hydrogens is 539 g/mol. The van der Waals surface area contributed by atoms with Crippen molar-refractivity contribution in [1.82, 2.24) is 30.0 Å². The van der Waals surface area contributed by atoms with Crippen molar-refractivity contribution in [1.29, 1.82) is 0 Å². The summed E-state index contributed by atoms with van der Waals surface area (Å²) in [5.74, 6) is -0.436. The van der Waals surface area contributed by atoms with Gasteiger partial charge in [-0.3, -0.25) is 15.1 Å². The van der Waals surface area contributed by atoms with Crippen molar-refractivity contribution in [3.8, 4) is 33.8 Å². The Labute approximate surface area is 237 Å². The Morgan fingerprint density at radius 2 is 1.73 bits per heavy atom. The molecule has 0 amide bonds. The van der Waals surface area contributed by atoms with Crippen LogP contribution in [0.4, 0.5) is 4.39 Å². The quantitative estimate of drug-likeness (QED) is 0.247. The third kappa shape index (κ3) is 5.75. The topological polar surface area (TPSA) is 108 Å². The Morgan fingerprint density at radius 1 is 0.902 bits per heavy atom. The second-order valence-corrected chi connectivity index (χ2v) is 12.9. The van der Waals surface area contributed by atoms with Crippen LogP contribution in [0.2, 0.25) is 0 Å². The van der Waals surface area contributed by atoms with Gasteiger partial charge in [-0.25, -0.2) is 12.8 Å². The fourth-order valence-corrected chi connectivity index (χ4v) is 5.75. The van der Waals surface area contributed by atoms with Crippen LogP contribution in [0.3, 0.4) is 0 Å². The molecule has 0 radical (unpaired) electrons. The normalized spacial score (nSPS) is 12.1. The molecule has 2 N–H and O–H groups in total. The van der Waals surface area contributed by atoms with Gasteiger partial charge in [-0.15, -0.1) is 0 Å². The van der Waals surface area contributed by atoms with Crippen LogP contribution < -0.4 is 0 Å². The van der Waals surface area contributed by atoms with Gasteiger partial charge in [-0.1, -0.05) is 18.2 Å². The largest absolute Gasteiger partial charge is 0.353 e. The van der Waals surface area contributed by atoms with Crippen LogP contribution in [0, 0.1) is 5.82 Å². The average Bonchev–Trinajstić information content (AvgIpc) is 3.54. The molecule has 2 aromatic carbocycles. The lowest BCUT2D eigenvalue weighted by Gasteiger charge is -2.10. The lowest BCUT2D eigenvalue weighted by Crippen LogP contribution is -2.10. The van der Waals surface area contributed by atoms with Crippen molar-refractivity contribution in [2.75, 3.05) is 26.1 Å². The van der Waals surface area contributed by atoms with Crippen molar-refractivity contribution in [2.45, 2.75) is 13.0 Å². The molecule has 0 aliphatic heterocycles. The minimum atomic E-state index is -3.16. The van der Waals surface area contributed by atoms with Gasteiger partial charge in [0.25, 0.3) is 0 Å². The number of benzene rings is 2. The molecule has 41 heavy (non-hydrogen) atoms. The average molecular weight is 569 g/mol. The van der Waals surface area contributed by atoms with Gasteiger partial charge in [-0.2, -0.15) is 5.10 Å². The van der Waals surface area contributed by atoms with Crippen molar-refractivity contribution >= 4 is 31.6 Å². The third-order valence-corrected chi connectivity index (χ3v) is 7.93. The van der Waals surface area contributed by atoms with E-state index in [0.717, 1.165) is 62.1 Å². The van der Waals surface area contributed by atoms with E-state index in [1.165, 1.54) is 18.4 Å². The lowest BCUT2D eigenvalue weighted by molar-refractivity contribution is 0.402. The minimum absolute atomic E-state index is 0.0342. The highest BCUT2D eigenvalue weighted by Gasteiger charge is 2.16. The van der Waals surface area contributed by atoms with Crippen LogP contribution in [0.5, 0.6) is 0 Å². The molecule has 4 heterocycles. The number of hydrogen-bond donors (Lipinski definition) is 2. The number of halogens is 1. The molecule has 0 bridgehead atoms. The van der Waals surface area contributed by atoms with E-state index < -0.39 is 15.7 Å². The number of sulfone groups is 1. The number of fused-ring (bicyclic) bond motifs is 2. The second-order valence-electron chi connectivity index (χ2n) is 10.7. The molecular formula is C31H29FN6O2S. The van der Waals surface area contributed by atoms with Crippen LogP contribution in [-0.4, -0.2) is 64.6 Å². The molecule has 0 fully saturated rings. The zero-order chi connectivity index (χ0) is 28.7. The van der Waals surface area contributed by atoms with Gasteiger partial charge in [-0.05, 0) is 79.2 Å². The van der Waals surface area contributed by atoms with E-state index in [1.807, 2.05) is 62.9 Å². The molecule has 0 saturated carbocycles. The second kappa shape index (κ2) is 10.5. The van der Waals surface area contributed by atoms with E-state index in [-0.39, 0.29) is 12.2 Å². The molecule has 8 nitrogen and oxygen atoms in total. The smallest absolute Gasteiger partial charge is 0.147 e. The number of hydrogen-bond acceptors (Lipinski definition) is 6. The number of nitrogens with zero attached hydrogens (tertiary/aromatic N) is 4. The first-order valence-corrected chi connectivity index (χ1v) is 15.2. The summed E-state index contributed by atoms with van der Waals surface area (Å²) in [6, 6.07) is 16.7. The Hall–Kier alpha value is -4.41. The Morgan fingerprint density at radius 3 is 2.54 bits per heavy atom. The summed E-state index contributed by atoms with van der Waals surface area (Å²) in [6.07, 6.45) is 6.89. The summed E-state index contributed by atoms with van der Waals surface area (Å²) in [4.78, 5) is 14.6. The van der Waals surface area contributed by atoms with E-state index in [2.05, 4.69) is 36.1 Å². The third-order valence-electron chi connectivity index (χ3n) is 6.99. The van der Waals surface area contributed by atoms with Crippen molar-refractivity contribution < 1.29 is 12.8 Å². The minimum Gasteiger partial charge on any atom is -0.353 e. The van der Waals surface area contributed by atoms with Crippen LogP contribution in [0.1, 0.15) is 11.1 Å². The predicted octanol–water partition coefficient (Wildman–Crippen LogP) is 5.62. The van der Waals surface area contributed by atoms with Gasteiger partial charge in [0.15, 0.2) is 0 Å². The van der Waals surface area contributed by atoms with Crippen LogP contribution in [-0.2, 0) is 22.8 Å². The number of aromatic nitrogens is 5. The van der Waals surface area contributed by atoms with Crippen molar-refractivity contribution in [3.05, 3.63) is 90.1 Å². The maximum Gasteiger partial charge on any atom is 0.147 e. The summed E-state index contributed by atoms with van der Waals surface area (Å²) in [6.45, 7) is 0.780. The Bertz CT molecular complexity index is 2010. The van der Waals surface area contributed by atoms with Crippen LogP contribution >= 0.6 is 0 Å². The number of nitrogens with one attached hydrogen (secondary N) is 2. The zero-order valence-corrected chi connectivity index (χ0v) is 23.8. The molecule has 0 unspecified atom stereocenters. The van der Waals surface area contributed by atoms with Gasteiger partial charge >= 0.3 is 0 Å². The highest BCUT2D eigenvalue weighted by Crippen LogP contribution is 2.35. The summed E-state index contributed by atoms with van der Waals surface area (Å²) in [5.41, 5.74) is 8.24. The number of aromatic amines is 2. The van der Waals surface area contributed by atoms with Crippen LogP contribution in [0.15, 0.2) is 73.2 Å². The monoisotopic (exact) mass is 568 g/mol. The number of pyridine rings is 2. The summed E-state index contributed by atoms with van der Waals surface area (Å²) in [7, 11) is 0.879. The maximum absolute atomic E-state index is 14.6. The standard InChI is InChI=1S/C31H29FN6O2S/c1-38(2)18-20-10-22(16-33-15-20)28-14-26-30(17-34-28)36-37-31(26)29-13-25-24(5-4-6-27(25)35-29)21-9-19(11-23(32)12-21)7-8-41(3,39)40/h4-6,9-17,35H,7-8,18H2,1-3H3,(H,36,37). The molecule has 0 aliphatic carbocycles. The first kappa shape index (κ1) is 26.8. The molecule has 10 heteroatoms. The highest BCUT2D eigenvalue weighted by molar-refractivity contribution is 7.90. The van der Waals surface area contributed by atoms with E-state index >= 15 is 0 Å². The zero-order valence-electron chi connectivity index (χ0n) is 22.9. The lowest BCUT2D eigenvalue weighted by atomic mass is 9.98. The van der Waals surface area contributed by atoms with Gasteiger partial charge in [0.2, 0.25) is 0 Å². The van der Waals surface area contributed by atoms with Crippen molar-refractivity contribution in [3.63, 3.8) is 0 Å². The molecule has 208 valence electrons. The summed E-state index contributed by atoms with van der Waals surface area (Å²) in [5, 5.41) is 9.50. The number of H-pyrrole nitrogens is 2. The van der Waals surface area contributed by atoms with E-state index in [0.29, 0.717) is 11.1 Å². The molecule has 6 rings (SSSR count). The van der Waals surface area contributed by atoms with Crippen molar-refractivity contribution in [2.24, 2.45) is 0 Å². The van der Waals surface area contributed by atoms with Gasteiger partial charge in [0.05, 0.1) is 28.9 Å². The van der Waals surface area contributed by atoms with Crippen LogP contribution in [0.25, 0.3) is 55.6 Å². The molecule has 4 aromatic heterocycles. The van der Waals surface area contributed by atoms with E-state index in [1.54, 1.807) is 6.20 Å². The maximum atomic E-state index is 14.6. The van der Waals surface area contributed by atoms with E-state index in [9.17, 15) is 12.8 Å². The predicted molar refractivity (Wildman–Crippen MR) is 161 cm³/mol. The van der Waals surface area contributed by atoms with E-state index in [4.69, 9.17) is 0 Å². The Kier molecular flexibility index (Phi) is 6.88. The summed E-state index contributed by atoms with van der Waals surface area (Å²) < 4.78 is 38.0. The number of rotatable bonds is 8. The molecule has 6 aromatic rings. The molecule has 0 aliphatic rings. The van der Waals surface area contributed by atoms with Gasteiger partial charge < -0.3 is 9.88 Å². The first-order valence-electron chi connectivity index (χ1n) is 13.2. The first-order chi connectivity index (χ1) is 19.6. The highest BCUT2D eigenvalue weighted by atomic mass is 32.2. The van der Waals surface area contributed by atoms with Gasteiger partial charge in [0.1, 0.15) is 21.3 Å². The fourth-order valence-electron chi connectivity index (χ4n) is 5.15. The fraction of sp³-hybridized carbons (Fsp3) is 0.194. The SMILES string of the molecule is CN(C)Cc1cncc(-c2cc3c(-c4cc5c(-c6cc(F)cc(CCS(C)(=O)=O)c6)cccc5[nH]4)n[nH]c3cn2)c1. The molecule has 0 saturated heterocycles. The molecule has 0 atom stereocenters. The molecule has 0 spiro atoms. The van der Waals surface area contributed by atoms with Gasteiger partial charge in [0, 0.05) is 47.0 Å².